The van der Waals surface area contributed by atoms with Gasteiger partial charge in [0.15, 0.2) is 0 Å². The maximum absolute atomic E-state index is 13.2. The number of halogens is 1. The molecule has 21 heavy (non-hydrogen) atoms. The van der Waals surface area contributed by atoms with Crippen LogP contribution in [-0.4, -0.2) is 36.1 Å². The van der Waals surface area contributed by atoms with E-state index >= 15 is 0 Å². The molecule has 1 saturated heterocycles. The molecule has 1 saturated carbocycles. The number of piperidine rings is 1. The molecular formula is C16H22FN3O. The molecule has 2 N–H and O–H groups in total. The summed E-state index contributed by atoms with van der Waals surface area (Å²) in [7, 11) is 0. The summed E-state index contributed by atoms with van der Waals surface area (Å²) in [6, 6.07) is 6.66. The van der Waals surface area contributed by atoms with Crippen molar-refractivity contribution in [3.05, 3.63) is 30.1 Å². The lowest BCUT2D eigenvalue weighted by Gasteiger charge is -2.30. The van der Waals surface area contributed by atoms with Crippen molar-refractivity contribution in [1.29, 1.82) is 0 Å². The van der Waals surface area contributed by atoms with Crippen LogP contribution in [0.3, 0.4) is 0 Å². The van der Waals surface area contributed by atoms with E-state index in [1.165, 1.54) is 25.0 Å². The molecule has 0 spiro atoms. The van der Waals surface area contributed by atoms with Gasteiger partial charge in [-0.1, -0.05) is 12.5 Å². The number of nitrogens with zero attached hydrogens (tertiary/aromatic N) is 1. The topological polar surface area (TPSA) is 44.4 Å². The van der Waals surface area contributed by atoms with E-state index in [2.05, 4.69) is 10.6 Å². The first-order valence-corrected chi connectivity index (χ1v) is 7.79. The predicted octanol–water partition coefficient (Wildman–Crippen LogP) is 2.96. The summed E-state index contributed by atoms with van der Waals surface area (Å²) in [6.07, 6.45) is 5.71. The van der Waals surface area contributed by atoms with E-state index in [1.807, 2.05) is 4.90 Å². The second-order valence-electron chi connectivity index (χ2n) is 5.97. The number of hydrogen-bond acceptors (Lipinski definition) is 2. The Balaban J connectivity index is 1.61. The highest BCUT2D eigenvalue weighted by Gasteiger charge is 2.34. The maximum Gasteiger partial charge on any atom is 0.322 e. The maximum atomic E-state index is 13.2. The molecule has 4 nitrogen and oxygen atoms in total. The Bertz CT molecular complexity index is 498. The van der Waals surface area contributed by atoms with Crippen molar-refractivity contribution in [3.8, 4) is 0 Å². The first kappa shape index (κ1) is 14.3. The van der Waals surface area contributed by atoms with Gasteiger partial charge in [-0.05, 0) is 50.4 Å². The molecular weight excluding hydrogens is 269 g/mol. The smallest absolute Gasteiger partial charge is 0.320 e. The lowest BCUT2D eigenvalue weighted by molar-refractivity contribution is 0.196. The standard InChI is InChI=1S/C16H22FN3O/c17-12-4-3-6-13(10-12)19-16(21)20(15-7-8-15)11-14-5-1-2-9-18-14/h3-4,6,10,14-15,18H,1-2,5,7-9,11H2,(H,19,21). The van der Waals surface area contributed by atoms with Gasteiger partial charge < -0.3 is 15.5 Å². The number of carbonyl (C=O) groups excluding carboxylic acids is 1. The van der Waals surface area contributed by atoms with Gasteiger partial charge in [0, 0.05) is 24.3 Å². The molecule has 0 bridgehead atoms. The van der Waals surface area contributed by atoms with Gasteiger partial charge in [0.25, 0.3) is 0 Å². The lowest BCUT2D eigenvalue weighted by Crippen LogP contribution is -2.48. The molecule has 1 aromatic carbocycles. The molecule has 1 unspecified atom stereocenters. The first-order valence-electron chi connectivity index (χ1n) is 7.79. The summed E-state index contributed by atoms with van der Waals surface area (Å²) in [6.45, 7) is 1.78. The second kappa shape index (κ2) is 6.43. The molecule has 0 radical (unpaired) electrons. The summed E-state index contributed by atoms with van der Waals surface area (Å²) in [4.78, 5) is 14.4. The van der Waals surface area contributed by atoms with Crippen LogP contribution < -0.4 is 10.6 Å². The van der Waals surface area contributed by atoms with Crippen molar-refractivity contribution in [2.45, 2.75) is 44.2 Å². The summed E-state index contributed by atoms with van der Waals surface area (Å²) in [5.41, 5.74) is 0.516. The van der Waals surface area contributed by atoms with Crippen molar-refractivity contribution in [1.82, 2.24) is 10.2 Å². The minimum absolute atomic E-state index is 0.115. The third-order valence-corrected chi connectivity index (χ3v) is 4.15. The number of nitrogens with one attached hydrogen (secondary N) is 2. The van der Waals surface area contributed by atoms with Crippen LogP contribution in [0.2, 0.25) is 0 Å². The molecule has 3 rings (SSSR count). The van der Waals surface area contributed by atoms with Crippen LogP contribution in [0, 0.1) is 5.82 Å². The quantitative estimate of drug-likeness (QED) is 0.896. The molecule has 2 amide bonds. The van der Waals surface area contributed by atoms with Gasteiger partial charge in [-0.15, -0.1) is 0 Å². The average Bonchev–Trinajstić information content (AvgIpc) is 3.30. The highest BCUT2D eigenvalue weighted by Crippen LogP contribution is 2.28. The van der Waals surface area contributed by atoms with Crippen LogP contribution in [0.4, 0.5) is 14.9 Å². The van der Waals surface area contributed by atoms with Crippen LogP contribution in [-0.2, 0) is 0 Å². The zero-order chi connectivity index (χ0) is 14.7. The minimum atomic E-state index is -0.334. The zero-order valence-corrected chi connectivity index (χ0v) is 12.1. The Morgan fingerprint density at radius 2 is 2.19 bits per heavy atom. The van der Waals surface area contributed by atoms with Gasteiger partial charge >= 0.3 is 6.03 Å². The minimum Gasteiger partial charge on any atom is -0.320 e. The van der Waals surface area contributed by atoms with E-state index in [-0.39, 0.29) is 11.8 Å². The molecule has 1 heterocycles. The number of benzene rings is 1. The van der Waals surface area contributed by atoms with E-state index in [1.54, 1.807) is 12.1 Å². The Morgan fingerprint density at radius 3 is 2.86 bits per heavy atom. The van der Waals surface area contributed by atoms with Gasteiger partial charge in [-0.3, -0.25) is 0 Å². The zero-order valence-electron chi connectivity index (χ0n) is 12.1. The second-order valence-corrected chi connectivity index (χ2v) is 5.97. The predicted molar refractivity (Wildman–Crippen MR) is 80.8 cm³/mol. The normalized spacial score (nSPS) is 21.9. The summed E-state index contributed by atoms with van der Waals surface area (Å²) >= 11 is 0. The Morgan fingerprint density at radius 1 is 1.33 bits per heavy atom. The van der Waals surface area contributed by atoms with Crippen LogP contribution in [0.25, 0.3) is 0 Å². The van der Waals surface area contributed by atoms with Crippen molar-refractivity contribution < 1.29 is 9.18 Å². The summed E-state index contributed by atoms with van der Waals surface area (Å²) < 4.78 is 13.2. The van der Waals surface area contributed by atoms with Crippen molar-refractivity contribution >= 4 is 11.7 Å². The van der Waals surface area contributed by atoms with Crippen molar-refractivity contribution in [2.75, 3.05) is 18.4 Å². The van der Waals surface area contributed by atoms with E-state index in [0.29, 0.717) is 17.8 Å². The van der Waals surface area contributed by atoms with Crippen LogP contribution in [0.5, 0.6) is 0 Å². The van der Waals surface area contributed by atoms with Gasteiger partial charge in [-0.25, -0.2) is 9.18 Å². The van der Waals surface area contributed by atoms with E-state index < -0.39 is 0 Å². The van der Waals surface area contributed by atoms with Crippen molar-refractivity contribution in [3.63, 3.8) is 0 Å². The first-order chi connectivity index (χ1) is 10.2. The van der Waals surface area contributed by atoms with E-state index in [0.717, 1.165) is 32.4 Å². The average molecular weight is 291 g/mol. The monoisotopic (exact) mass is 291 g/mol. The fourth-order valence-electron chi connectivity index (χ4n) is 2.86. The number of amides is 2. The number of urea groups is 1. The molecule has 1 atom stereocenters. The fraction of sp³-hybridized carbons (Fsp3) is 0.562. The Kier molecular flexibility index (Phi) is 4.39. The van der Waals surface area contributed by atoms with Crippen molar-refractivity contribution in [2.24, 2.45) is 0 Å². The fourth-order valence-corrected chi connectivity index (χ4v) is 2.86. The highest BCUT2D eigenvalue weighted by molar-refractivity contribution is 5.89. The van der Waals surface area contributed by atoms with E-state index in [9.17, 15) is 9.18 Å². The summed E-state index contributed by atoms with van der Waals surface area (Å²) in [5.74, 6) is -0.334. The van der Waals surface area contributed by atoms with Gasteiger partial charge in [-0.2, -0.15) is 0 Å². The highest BCUT2D eigenvalue weighted by atomic mass is 19.1. The van der Waals surface area contributed by atoms with Gasteiger partial charge in [0.1, 0.15) is 5.82 Å². The Labute approximate surface area is 124 Å². The van der Waals surface area contributed by atoms with Gasteiger partial charge in [0.05, 0.1) is 0 Å². The van der Waals surface area contributed by atoms with Crippen LogP contribution in [0.15, 0.2) is 24.3 Å². The number of carbonyl (C=O) groups is 1. The molecule has 0 aromatic heterocycles. The van der Waals surface area contributed by atoms with E-state index in [4.69, 9.17) is 0 Å². The van der Waals surface area contributed by atoms with Crippen LogP contribution in [0.1, 0.15) is 32.1 Å². The third-order valence-electron chi connectivity index (χ3n) is 4.15. The SMILES string of the molecule is O=C(Nc1cccc(F)c1)N(CC1CCCCN1)C1CC1. The van der Waals surface area contributed by atoms with Gasteiger partial charge in [0.2, 0.25) is 0 Å². The molecule has 114 valence electrons. The molecule has 1 aliphatic carbocycles. The molecule has 2 fully saturated rings. The molecule has 1 aromatic rings. The third kappa shape index (κ3) is 3.94. The molecule has 5 heteroatoms. The number of hydrogen-bond donors (Lipinski definition) is 2. The molecule has 2 aliphatic rings. The summed E-state index contributed by atoms with van der Waals surface area (Å²) in [5, 5.41) is 6.29. The number of rotatable bonds is 4. The largest absolute Gasteiger partial charge is 0.322 e. The Hall–Kier alpha value is -1.62. The number of anilines is 1. The van der Waals surface area contributed by atoms with Crippen LogP contribution >= 0.6 is 0 Å². The molecule has 1 aliphatic heterocycles. The lowest BCUT2D eigenvalue weighted by atomic mass is 10.0.